The maximum atomic E-state index is 11.8. The van der Waals surface area contributed by atoms with E-state index in [9.17, 15) is 13.2 Å². The summed E-state index contributed by atoms with van der Waals surface area (Å²) in [6.45, 7) is 2.32. The minimum Gasteiger partial charge on any atom is -0.361 e. The molecule has 126 valence electrons. The predicted octanol–water partition coefficient (Wildman–Crippen LogP) is 1.83. The fourth-order valence-electron chi connectivity index (χ4n) is 2.42. The highest BCUT2D eigenvalue weighted by Crippen LogP contribution is 2.17. The summed E-state index contributed by atoms with van der Waals surface area (Å²) < 4.78 is 22.2. The lowest BCUT2D eigenvalue weighted by atomic mass is 10.1. The number of hydrogen-bond acceptors (Lipinski definition) is 3. The second-order valence-electron chi connectivity index (χ2n) is 5.83. The molecule has 0 bridgehead atoms. The molecule has 1 aromatic carbocycles. The Balaban J connectivity index is 1.75. The molecule has 0 unspecified atom stereocenters. The molecule has 1 heterocycles. The number of nitrogens with one attached hydrogen (secondary N) is 3. The van der Waals surface area contributed by atoms with Crippen molar-refractivity contribution in [3.05, 3.63) is 36.0 Å². The van der Waals surface area contributed by atoms with E-state index < -0.39 is 9.84 Å². The van der Waals surface area contributed by atoms with Crippen LogP contribution < -0.4 is 10.6 Å². The summed E-state index contributed by atoms with van der Waals surface area (Å²) in [5.41, 5.74) is 2.26. The first-order valence-corrected chi connectivity index (χ1v) is 9.68. The summed E-state index contributed by atoms with van der Waals surface area (Å²) in [6.07, 6.45) is 4.24. The third-order valence-electron chi connectivity index (χ3n) is 3.66. The first-order valence-electron chi connectivity index (χ1n) is 7.62. The Morgan fingerprint density at radius 3 is 2.83 bits per heavy atom. The van der Waals surface area contributed by atoms with E-state index in [1.807, 2.05) is 30.5 Å². The minimum atomic E-state index is -3.00. The van der Waals surface area contributed by atoms with Gasteiger partial charge < -0.3 is 15.6 Å². The van der Waals surface area contributed by atoms with Crippen LogP contribution in [-0.4, -0.2) is 44.0 Å². The van der Waals surface area contributed by atoms with E-state index in [2.05, 4.69) is 15.6 Å². The van der Waals surface area contributed by atoms with Gasteiger partial charge in [-0.1, -0.05) is 12.1 Å². The van der Waals surface area contributed by atoms with Crippen LogP contribution in [-0.2, 0) is 16.3 Å². The molecule has 0 spiro atoms. The number of benzene rings is 1. The lowest BCUT2D eigenvalue weighted by Crippen LogP contribution is -2.42. The van der Waals surface area contributed by atoms with Crippen molar-refractivity contribution in [1.82, 2.24) is 15.6 Å². The van der Waals surface area contributed by atoms with Crippen molar-refractivity contribution < 1.29 is 13.2 Å². The molecule has 2 aromatic rings. The van der Waals surface area contributed by atoms with Crippen LogP contribution in [0, 0.1) is 0 Å². The van der Waals surface area contributed by atoms with Crippen LogP contribution in [0.25, 0.3) is 10.9 Å². The highest BCUT2D eigenvalue weighted by atomic mass is 32.2. The lowest BCUT2D eigenvalue weighted by Gasteiger charge is -2.14. The zero-order valence-corrected chi connectivity index (χ0v) is 14.2. The van der Waals surface area contributed by atoms with Crippen molar-refractivity contribution >= 4 is 26.8 Å². The second-order valence-corrected chi connectivity index (χ2v) is 8.09. The molecule has 23 heavy (non-hydrogen) atoms. The molecule has 3 N–H and O–H groups in total. The predicted molar refractivity (Wildman–Crippen MR) is 92.3 cm³/mol. The summed E-state index contributed by atoms with van der Waals surface area (Å²) in [5, 5.41) is 6.72. The molecule has 6 nitrogen and oxygen atoms in total. The molecular weight excluding hydrogens is 314 g/mol. The van der Waals surface area contributed by atoms with Crippen LogP contribution in [0.15, 0.2) is 30.5 Å². The number of carbonyl (C=O) groups is 1. The van der Waals surface area contributed by atoms with Crippen LogP contribution >= 0.6 is 0 Å². The minimum absolute atomic E-state index is 0.0733. The number of amides is 2. The van der Waals surface area contributed by atoms with Gasteiger partial charge in [0.05, 0.1) is 5.75 Å². The monoisotopic (exact) mass is 337 g/mol. The quantitative estimate of drug-likeness (QED) is 0.720. The van der Waals surface area contributed by atoms with E-state index in [1.165, 1.54) is 11.8 Å². The third-order valence-corrected chi connectivity index (χ3v) is 4.64. The van der Waals surface area contributed by atoms with E-state index in [0.29, 0.717) is 13.0 Å². The average molecular weight is 337 g/mol. The second kappa shape index (κ2) is 7.50. The van der Waals surface area contributed by atoms with E-state index in [0.717, 1.165) is 17.3 Å². The van der Waals surface area contributed by atoms with Crippen molar-refractivity contribution in [2.45, 2.75) is 25.8 Å². The topological polar surface area (TPSA) is 91.1 Å². The number of urea groups is 1. The van der Waals surface area contributed by atoms with E-state index >= 15 is 0 Å². The van der Waals surface area contributed by atoms with Crippen LogP contribution in [0.1, 0.15) is 18.9 Å². The van der Waals surface area contributed by atoms with Crippen molar-refractivity contribution in [3.63, 3.8) is 0 Å². The average Bonchev–Trinajstić information content (AvgIpc) is 2.94. The maximum Gasteiger partial charge on any atom is 0.315 e. The number of hydrogen-bond donors (Lipinski definition) is 3. The van der Waals surface area contributed by atoms with Gasteiger partial charge in [0.2, 0.25) is 0 Å². The molecule has 0 aliphatic heterocycles. The van der Waals surface area contributed by atoms with Gasteiger partial charge in [0.1, 0.15) is 9.84 Å². The smallest absolute Gasteiger partial charge is 0.315 e. The molecule has 7 heteroatoms. The van der Waals surface area contributed by atoms with Crippen LogP contribution in [0.5, 0.6) is 0 Å². The summed E-state index contributed by atoms with van der Waals surface area (Å²) >= 11 is 0. The summed E-state index contributed by atoms with van der Waals surface area (Å²) in [4.78, 5) is 15.0. The van der Waals surface area contributed by atoms with Crippen LogP contribution in [0.3, 0.4) is 0 Å². The van der Waals surface area contributed by atoms with Gasteiger partial charge in [-0.25, -0.2) is 13.2 Å². The van der Waals surface area contributed by atoms with E-state index in [4.69, 9.17) is 0 Å². The molecule has 0 radical (unpaired) electrons. The van der Waals surface area contributed by atoms with Crippen molar-refractivity contribution in [2.24, 2.45) is 0 Å². The first-order chi connectivity index (χ1) is 10.8. The Labute approximate surface area is 136 Å². The van der Waals surface area contributed by atoms with Crippen molar-refractivity contribution in [2.75, 3.05) is 18.6 Å². The Bertz CT molecular complexity index is 768. The number of fused-ring (bicyclic) bond motifs is 1. The van der Waals surface area contributed by atoms with E-state index in [1.54, 1.807) is 6.92 Å². The molecular formula is C16H23N3O3S. The van der Waals surface area contributed by atoms with Gasteiger partial charge in [0, 0.05) is 35.9 Å². The third kappa shape index (κ3) is 5.59. The molecule has 1 aromatic heterocycles. The normalized spacial score (nSPS) is 13.0. The zero-order chi connectivity index (χ0) is 16.9. The van der Waals surface area contributed by atoms with Gasteiger partial charge in [-0.05, 0) is 37.5 Å². The van der Waals surface area contributed by atoms with Gasteiger partial charge in [0.15, 0.2) is 0 Å². The fourth-order valence-corrected chi connectivity index (χ4v) is 3.20. The Hall–Kier alpha value is -2.02. The molecule has 0 saturated heterocycles. The number of rotatable bonds is 7. The molecule has 1 atom stereocenters. The van der Waals surface area contributed by atoms with Gasteiger partial charge >= 0.3 is 6.03 Å². The number of aromatic amines is 1. The van der Waals surface area contributed by atoms with Crippen LogP contribution in [0.4, 0.5) is 4.79 Å². The van der Waals surface area contributed by atoms with Crippen molar-refractivity contribution in [1.29, 1.82) is 0 Å². The standard InChI is InChI=1S/C16H23N3O3S/c1-12(8-11-23(2,21)22)19-16(20)18-9-6-13-4-3-5-15-14(13)7-10-17-15/h3-5,7,10,12,17H,6,8-9,11H2,1-2H3,(H2,18,19,20)/t12-/m0/s1. The molecule has 0 aliphatic rings. The van der Waals surface area contributed by atoms with Crippen LogP contribution in [0.2, 0.25) is 0 Å². The molecule has 0 aliphatic carbocycles. The Morgan fingerprint density at radius 2 is 2.09 bits per heavy atom. The van der Waals surface area contributed by atoms with Gasteiger partial charge in [-0.2, -0.15) is 0 Å². The highest BCUT2D eigenvalue weighted by molar-refractivity contribution is 7.90. The van der Waals surface area contributed by atoms with Gasteiger partial charge in [-0.3, -0.25) is 0 Å². The largest absolute Gasteiger partial charge is 0.361 e. The molecule has 0 saturated carbocycles. The Kier molecular flexibility index (Phi) is 5.65. The number of sulfone groups is 1. The van der Waals surface area contributed by atoms with E-state index in [-0.39, 0.29) is 17.8 Å². The molecule has 0 fully saturated rings. The summed E-state index contributed by atoms with van der Waals surface area (Å²) in [5.74, 6) is 0.0733. The molecule has 2 rings (SSSR count). The van der Waals surface area contributed by atoms with Crippen molar-refractivity contribution in [3.8, 4) is 0 Å². The lowest BCUT2D eigenvalue weighted by molar-refractivity contribution is 0.237. The highest BCUT2D eigenvalue weighted by Gasteiger charge is 2.10. The summed E-state index contributed by atoms with van der Waals surface area (Å²) in [7, 11) is -3.00. The first kappa shape index (κ1) is 17.3. The molecule has 2 amide bonds. The van der Waals surface area contributed by atoms with Gasteiger partial charge in [-0.15, -0.1) is 0 Å². The number of carbonyl (C=O) groups excluding carboxylic acids is 1. The number of aromatic nitrogens is 1. The maximum absolute atomic E-state index is 11.8. The zero-order valence-electron chi connectivity index (χ0n) is 13.4. The summed E-state index contributed by atoms with van der Waals surface area (Å²) in [6, 6.07) is 7.62. The van der Waals surface area contributed by atoms with Gasteiger partial charge in [0.25, 0.3) is 0 Å². The Morgan fingerprint density at radius 1 is 1.30 bits per heavy atom. The fraction of sp³-hybridized carbons (Fsp3) is 0.438. The SMILES string of the molecule is C[C@@H](CCS(C)(=O)=O)NC(=O)NCCc1cccc2[nH]ccc12. The number of H-pyrrole nitrogens is 1.